The quantitative estimate of drug-likeness (QED) is 0.767. The molecule has 1 atom stereocenters. The molecule has 11 heteroatoms. The van der Waals surface area contributed by atoms with Crippen LogP contribution in [0.3, 0.4) is 0 Å². The predicted octanol–water partition coefficient (Wildman–Crippen LogP) is 0.854. The van der Waals surface area contributed by atoms with Crippen molar-refractivity contribution in [3.8, 4) is 0 Å². The lowest BCUT2D eigenvalue weighted by Gasteiger charge is -2.23. The fraction of sp³-hybridized carbons (Fsp3) is 0.529. The lowest BCUT2D eigenvalue weighted by atomic mass is 10.2. The summed E-state index contributed by atoms with van der Waals surface area (Å²) in [6.45, 7) is 0.721. The highest BCUT2D eigenvalue weighted by atomic mass is 19.3. The monoisotopic (exact) mass is 391 g/mol. The first-order chi connectivity index (χ1) is 13.4. The molecular formula is C17H19F2N7O2. The molecule has 0 N–H and O–H groups in total. The first-order valence-electron chi connectivity index (χ1n) is 9.08. The SMILES string of the molecule is O=C(c1cn(C[C@@H]2CC(F)(F)CN2C(=O)c2ccnnc2)nn1)N1CCCC1. The Labute approximate surface area is 159 Å². The topological polar surface area (TPSA) is 97.1 Å². The second-order valence-corrected chi connectivity index (χ2v) is 7.10. The maximum Gasteiger partial charge on any atom is 0.276 e. The smallest absolute Gasteiger partial charge is 0.276 e. The van der Waals surface area contributed by atoms with Gasteiger partial charge in [0.05, 0.1) is 43.3 Å². The van der Waals surface area contributed by atoms with E-state index in [0.29, 0.717) is 13.1 Å². The molecule has 2 aromatic heterocycles. The third kappa shape index (κ3) is 3.69. The highest BCUT2D eigenvalue weighted by Crippen LogP contribution is 2.33. The molecule has 2 aliphatic heterocycles. The molecule has 2 fully saturated rings. The number of likely N-dealkylation sites (tertiary alicyclic amines) is 2. The van der Waals surface area contributed by atoms with Crippen molar-refractivity contribution in [2.75, 3.05) is 19.6 Å². The summed E-state index contributed by atoms with van der Waals surface area (Å²) in [5.41, 5.74) is 0.379. The van der Waals surface area contributed by atoms with Crippen molar-refractivity contribution in [3.63, 3.8) is 0 Å². The molecule has 2 amide bonds. The summed E-state index contributed by atoms with van der Waals surface area (Å²) in [6, 6.07) is 0.664. The van der Waals surface area contributed by atoms with Gasteiger partial charge in [-0.3, -0.25) is 9.59 Å². The number of carbonyl (C=O) groups excluding carboxylic acids is 2. The van der Waals surface area contributed by atoms with Crippen LogP contribution in [0.5, 0.6) is 0 Å². The van der Waals surface area contributed by atoms with E-state index < -0.39 is 30.8 Å². The van der Waals surface area contributed by atoms with E-state index in [1.54, 1.807) is 4.90 Å². The lowest BCUT2D eigenvalue weighted by Crippen LogP contribution is -2.39. The van der Waals surface area contributed by atoms with Crippen molar-refractivity contribution in [2.45, 2.75) is 37.8 Å². The van der Waals surface area contributed by atoms with Crippen LogP contribution in [-0.4, -0.2) is 78.4 Å². The van der Waals surface area contributed by atoms with Gasteiger partial charge >= 0.3 is 0 Å². The largest absolute Gasteiger partial charge is 0.337 e. The maximum atomic E-state index is 14.0. The average Bonchev–Trinajstić information content (AvgIpc) is 3.42. The molecule has 28 heavy (non-hydrogen) atoms. The zero-order valence-electron chi connectivity index (χ0n) is 15.0. The van der Waals surface area contributed by atoms with Crippen LogP contribution in [-0.2, 0) is 6.54 Å². The molecular weight excluding hydrogens is 372 g/mol. The summed E-state index contributed by atoms with van der Waals surface area (Å²) in [7, 11) is 0. The van der Waals surface area contributed by atoms with E-state index in [9.17, 15) is 18.4 Å². The van der Waals surface area contributed by atoms with Crippen LogP contribution in [0.4, 0.5) is 8.78 Å². The molecule has 2 saturated heterocycles. The lowest BCUT2D eigenvalue weighted by molar-refractivity contribution is 0.0117. The van der Waals surface area contributed by atoms with Crippen molar-refractivity contribution in [1.82, 2.24) is 35.0 Å². The standard InChI is InChI=1S/C17H19F2N7O2/c18-17(19)7-13(26(11-17)15(27)12-3-4-20-21-8-12)9-25-10-14(22-23-25)16(28)24-5-1-2-6-24/h3-4,8,10,13H,1-2,5-7,9,11H2/t13-/m0/s1. The third-order valence-corrected chi connectivity index (χ3v) is 5.02. The van der Waals surface area contributed by atoms with Crippen LogP contribution >= 0.6 is 0 Å². The number of halogens is 2. The van der Waals surface area contributed by atoms with Crippen molar-refractivity contribution in [3.05, 3.63) is 35.9 Å². The molecule has 0 unspecified atom stereocenters. The number of hydrogen-bond donors (Lipinski definition) is 0. The fourth-order valence-electron chi connectivity index (χ4n) is 3.67. The van der Waals surface area contributed by atoms with Gasteiger partial charge in [-0.05, 0) is 18.9 Å². The van der Waals surface area contributed by atoms with Crippen LogP contribution in [0.15, 0.2) is 24.7 Å². The Bertz CT molecular complexity index is 867. The van der Waals surface area contributed by atoms with Gasteiger partial charge in [-0.15, -0.1) is 5.10 Å². The van der Waals surface area contributed by atoms with Gasteiger partial charge in [-0.25, -0.2) is 13.5 Å². The average molecular weight is 391 g/mol. The number of alkyl halides is 2. The Morgan fingerprint density at radius 1 is 1.18 bits per heavy atom. The minimum absolute atomic E-state index is 0.0279. The van der Waals surface area contributed by atoms with Crippen molar-refractivity contribution >= 4 is 11.8 Å². The predicted molar refractivity (Wildman–Crippen MR) is 91.6 cm³/mol. The van der Waals surface area contributed by atoms with E-state index in [2.05, 4.69) is 20.5 Å². The van der Waals surface area contributed by atoms with Crippen LogP contribution in [0.25, 0.3) is 0 Å². The van der Waals surface area contributed by atoms with Crippen LogP contribution in [0, 0.1) is 0 Å². The summed E-state index contributed by atoms with van der Waals surface area (Å²) in [6.07, 6.45) is 5.47. The molecule has 0 bridgehead atoms. The van der Waals surface area contributed by atoms with Gasteiger partial charge in [0.1, 0.15) is 0 Å². The number of carbonyl (C=O) groups is 2. The Morgan fingerprint density at radius 2 is 1.96 bits per heavy atom. The maximum absolute atomic E-state index is 14.0. The number of nitrogens with zero attached hydrogens (tertiary/aromatic N) is 7. The number of hydrogen-bond acceptors (Lipinski definition) is 6. The zero-order valence-corrected chi connectivity index (χ0v) is 15.0. The Kier molecular flexibility index (Phi) is 4.73. The molecule has 2 aromatic rings. The second kappa shape index (κ2) is 7.21. The highest BCUT2D eigenvalue weighted by Gasteiger charge is 2.47. The minimum atomic E-state index is -2.99. The summed E-state index contributed by atoms with van der Waals surface area (Å²) in [5.74, 6) is -3.74. The van der Waals surface area contributed by atoms with Crippen molar-refractivity contribution in [2.24, 2.45) is 0 Å². The summed E-state index contributed by atoms with van der Waals surface area (Å²) < 4.78 is 29.4. The van der Waals surface area contributed by atoms with Gasteiger partial charge in [0, 0.05) is 19.5 Å². The van der Waals surface area contributed by atoms with E-state index in [0.717, 1.165) is 17.7 Å². The Morgan fingerprint density at radius 3 is 2.68 bits per heavy atom. The second-order valence-electron chi connectivity index (χ2n) is 7.10. The van der Waals surface area contributed by atoms with Gasteiger partial charge in [0.2, 0.25) is 0 Å². The van der Waals surface area contributed by atoms with Gasteiger partial charge in [0.25, 0.3) is 17.7 Å². The molecule has 0 aliphatic carbocycles. The van der Waals surface area contributed by atoms with Crippen LogP contribution in [0.2, 0.25) is 0 Å². The van der Waals surface area contributed by atoms with Crippen molar-refractivity contribution in [1.29, 1.82) is 0 Å². The van der Waals surface area contributed by atoms with E-state index in [1.807, 2.05) is 0 Å². The fourth-order valence-corrected chi connectivity index (χ4v) is 3.67. The Hall–Kier alpha value is -2.98. The first kappa shape index (κ1) is 18.4. The third-order valence-electron chi connectivity index (χ3n) is 5.02. The molecule has 0 aromatic carbocycles. The summed E-state index contributed by atoms with van der Waals surface area (Å²) in [5, 5.41) is 15.0. The first-order valence-corrected chi connectivity index (χ1v) is 9.08. The molecule has 148 valence electrons. The Balaban J connectivity index is 1.49. The van der Waals surface area contributed by atoms with E-state index in [-0.39, 0.29) is 23.7 Å². The summed E-state index contributed by atoms with van der Waals surface area (Å²) in [4.78, 5) is 27.8. The molecule has 9 nitrogen and oxygen atoms in total. The van der Waals surface area contributed by atoms with E-state index in [4.69, 9.17) is 0 Å². The molecule has 4 rings (SSSR count). The van der Waals surface area contributed by atoms with E-state index in [1.165, 1.54) is 29.3 Å². The molecule has 2 aliphatic rings. The van der Waals surface area contributed by atoms with Gasteiger partial charge in [0.15, 0.2) is 5.69 Å². The zero-order chi connectivity index (χ0) is 19.7. The number of amides is 2. The van der Waals surface area contributed by atoms with Gasteiger partial charge in [-0.1, -0.05) is 5.21 Å². The molecule has 0 radical (unpaired) electrons. The molecule has 4 heterocycles. The highest BCUT2D eigenvalue weighted by molar-refractivity contribution is 5.94. The normalized spacial score (nSPS) is 21.3. The minimum Gasteiger partial charge on any atom is -0.337 e. The van der Waals surface area contributed by atoms with Crippen molar-refractivity contribution < 1.29 is 18.4 Å². The summed E-state index contributed by atoms with van der Waals surface area (Å²) >= 11 is 0. The van der Waals surface area contributed by atoms with Crippen LogP contribution < -0.4 is 0 Å². The number of rotatable bonds is 4. The van der Waals surface area contributed by atoms with E-state index >= 15 is 0 Å². The van der Waals surface area contributed by atoms with Gasteiger partial charge < -0.3 is 9.80 Å². The molecule has 0 saturated carbocycles. The molecule has 0 spiro atoms. The van der Waals surface area contributed by atoms with Gasteiger partial charge in [-0.2, -0.15) is 10.2 Å². The number of aromatic nitrogens is 5. The van der Waals surface area contributed by atoms with Crippen LogP contribution in [0.1, 0.15) is 40.1 Å².